The predicted octanol–water partition coefficient (Wildman–Crippen LogP) is 0.647. The molecule has 1 aliphatic heterocycles. The molecule has 27 heavy (non-hydrogen) atoms. The Labute approximate surface area is 155 Å². The molecule has 1 saturated heterocycles. The van der Waals surface area contributed by atoms with Crippen LogP contribution in [-0.4, -0.2) is 49.5 Å². The Bertz CT molecular complexity index is 1000. The Morgan fingerprint density at radius 3 is 2.56 bits per heavy atom. The molecule has 8 nitrogen and oxygen atoms in total. The molecule has 0 radical (unpaired) electrons. The van der Waals surface area contributed by atoms with Gasteiger partial charge in [-0.25, -0.2) is 12.8 Å². The number of carbonyl (C=O) groups is 1. The lowest BCUT2D eigenvalue weighted by Gasteiger charge is -2.26. The topological polar surface area (TPSA) is 97.7 Å². The van der Waals surface area contributed by atoms with E-state index in [1.807, 2.05) is 0 Å². The number of morpholine rings is 1. The van der Waals surface area contributed by atoms with Gasteiger partial charge < -0.3 is 14.6 Å². The second-order valence-corrected chi connectivity index (χ2v) is 7.81. The van der Waals surface area contributed by atoms with Gasteiger partial charge in [0, 0.05) is 25.4 Å². The van der Waals surface area contributed by atoms with Crippen LogP contribution in [0.2, 0.25) is 0 Å². The first-order valence-electron chi connectivity index (χ1n) is 8.21. The molecular weight excluding hydrogens is 377 g/mol. The average Bonchev–Trinajstić information content (AvgIpc) is 2.66. The number of halogens is 1. The van der Waals surface area contributed by atoms with Crippen molar-refractivity contribution >= 4 is 21.6 Å². The van der Waals surface area contributed by atoms with Crippen molar-refractivity contribution in [3.8, 4) is 0 Å². The number of anilines is 1. The SMILES string of the molecule is O=C(Cn1cc(S(=O)(=O)N2CCOCC2)ccc1=O)Nc1ccccc1F. The number of carbonyl (C=O) groups excluding carboxylic acids is 1. The summed E-state index contributed by atoms with van der Waals surface area (Å²) >= 11 is 0. The summed E-state index contributed by atoms with van der Waals surface area (Å²) in [5.74, 6) is -1.26. The number of para-hydroxylation sites is 1. The van der Waals surface area contributed by atoms with E-state index in [9.17, 15) is 22.4 Å². The molecule has 0 spiro atoms. The maximum atomic E-state index is 13.6. The Kier molecular flexibility index (Phi) is 5.68. The van der Waals surface area contributed by atoms with Crippen LogP contribution < -0.4 is 10.9 Å². The second-order valence-electron chi connectivity index (χ2n) is 5.88. The van der Waals surface area contributed by atoms with E-state index in [0.717, 1.165) is 16.8 Å². The number of aromatic nitrogens is 1. The van der Waals surface area contributed by atoms with Gasteiger partial charge in [0.15, 0.2) is 0 Å². The lowest BCUT2D eigenvalue weighted by Crippen LogP contribution is -2.41. The van der Waals surface area contributed by atoms with Crippen LogP contribution in [0.4, 0.5) is 10.1 Å². The summed E-state index contributed by atoms with van der Waals surface area (Å²) in [5.41, 5.74) is -0.563. The number of rotatable bonds is 5. The summed E-state index contributed by atoms with van der Waals surface area (Å²) < 4.78 is 46.4. The second kappa shape index (κ2) is 7.99. The predicted molar refractivity (Wildman–Crippen MR) is 95.3 cm³/mol. The highest BCUT2D eigenvalue weighted by atomic mass is 32.2. The van der Waals surface area contributed by atoms with Gasteiger partial charge in [0.2, 0.25) is 15.9 Å². The number of nitrogens with zero attached hydrogens (tertiary/aromatic N) is 2. The van der Waals surface area contributed by atoms with Crippen molar-refractivity contribution in [2.24, 2.45) is 0 Å². The molecule has 0 bridgehead atoms. The molecule has 0 saturated carbocycles. The number of nitrogens with one attached hydrogen (secondary N) is 1. The number of sulfonamides is 1. The summed E-state index contributed by atoms with van der Waals surface area (Å²) in [4.78, 5) is 24.1. The van der Waals surface area contributed by atoms with Crippen molar-refractivity contribution in [2.75, 3.05) is 31.6 Å². The lowest BCUT2D eigenvalue weighted by molar-refractivity contribution is -0.116. The minimum atomic E-state index is -3.80. The van der Waals surface area contributed by atoms with Crippen LogP contribution in [0, 0.1) is 5.82 Å². The fraction of sp³-hybridized carbons (Fsp3) is 0.294. The molecule has 1 N–H and O–H groups in total. The van der Waals surface area contributed by atoms with Crippen LogP contribution >= 0.6 is 0 Å². The van der Waals surface area contributed by atoms with Crippen molar-refractivity contribution in [1.82, 2.24) is 8.87 Å². The molecule has 1 fully saturated rings. The maximum absolute atomic E-state index is 13.6. The van der Waals surface area contributed by atoms with E-state index in [2.05, 4.69) is 5.32 Å². The molecule has 2 heterocycles. The highest BCUT2D eigenvalue weighted by molar-refractivity contribution is 7.89. The summed E-state index contributed by atoms with van der Waals surface area (Å²) in [7, 11) is -3.80. The van der Waals surface area contributed by atoms with E-state index in [0.29, 0.717) is 13.2 Å². The van der Waals surface area contributed by atoms with Crippen LogP contribution in [0.3, 0.4) is 0 Å². The largest absolute Gasteiger partial charge is 0.379 e. The van der Waals surface area contributed by atoms with Crippen molar-refractivity contribution in [1.29, 1.82) is 0 Å². The maximum Gasteiger partial charge on any atom is 0.251 e. The van der Waals surface area contributed by atoms with E-state index >= 15 is 0 Å². The zero-order chi connectivity index (χ0) is 19.4. The lowest BCUT2D eigenvalue weighted by atomic mass is 10.3. The van der Waals surface area contributed by atoms with E-state index in [4.69, 9.17) is 4.74 Å². The van der Waals surface area contributed by atoms with Crippen LogP contribution in [0.5, 0.6) is 0 Å². The smallest absolute Gasteiger partial charge is 0.251 e. The van der Waals surface area contributed by atoms with E-state index < -0.39 is 33.9 Å². The fourth-order valence-electron chi connectivity index (χ4n) is 2.63. The van der Waals surface area contributed by atoms with Crippen molar-refractivity contribution < 1.29 is 22.3 Å². The zero-order valence-electron chi connectivity index (χ0n) is 14.3. The molecule has 1 aliphatic rings. The summed E-state index contributed by atoms with van der Waals surface area (Å²) in [6.45, 7) is 0.581. The number of ether oxygens (including phenoxy) is 1. The molecule has 0 unspecified atom stereocenters. The Balaban J connectivity index is 1.80. The molecule has 144 valence electrons. The van der Waals surface area contributed by atoms with Gasteiger partial charge in [0.1, 0.15) is 12.4 Å². The summed E-state index contributed by atoms with van der Waals surface area (Å²) in [5, 5.41) is 2.36. The van der Waals surface area contributed by atoms with Gasteiger partial charge >= 0.3 is 0 Å². The van der Waals surface area contributed by atoms with Gasteiger partial charge in [-0.2, -0.15) is 4.31 Å². The van der Waals surface area contributed by atoms with Gasteiger partial charge in [-0.15, -0.1) is 0 Å². The van der Waals surface area contributed by atoms with E-state index in [-0.39, 0.29) is 23.7 Å². The number of amides is 1. The first-order chi connectivity index (χ1) is 12.9. The van der Waals surface area contributed by atoms with Crippen LogP contribution in [-0.2, 0) is 26.1 Å². The van der Waals surface area contributed by atoms with E-state index in [1.165, 1.54) is 28.6 Å². The first kappa shape index (κ1) is 19.2. The van der Waals surface area contributed by atoms with Gasteiger partial charge in [0.05, 0.1) is 23.8 Å². The molecule has 10 heteroatoms. The highest BCUT2D eigenvalue weighted by Crippen LogP contribution is 2.16. The molecule has 0 atom stereocenters. The third-order valence-electron chi connectivity index (χ3n) is 4.03. The van der Waals surface area contributed by atoms with Gasteiger partial charge in [-0.05, 0) is 18.2 Å². The highest BCUT2D eigenvalue weighted by Gasteiger charge is 2.27. The summed E-state index contributed by atoms with van der Waals surface area (Å²) in [6, 6.07) is 7.91. The molecule has 0 aliphatic carbocycles. The average molecular weight is 395 g/mol. The molecule has 2 aromatic rings. The fourth-order valence-corrected chi connectivity index (χ4v) is 4.06. The molecule has 1 aromatic carbocycles. The number of pyridine rings is 1. The standard InChI is InChI=1S/C17H18FN3O5S/c18-14-3-1-2-4-15(14)19-16(22)12-20-11-13(5-6-17(20)23)27(24,25)21-7-9-26-10-8-21/h1-6,11H,7-10,12H2,(H,19,22). The monoisotopic (exact) mass is 395 g/mol. The van der Waals surface area contributed by atoms with Gasteiger partial charge in [0.25, 0.3) is 5.56 Å². The zero-order valence-corrected chi connectivity index (χ0v) is 15.1. The Hall–Kier alpha value is -2.56. The third kappa shape index (κ3) is 4.41. The summed E-state index contributed by atoms with van der Waals surface area (Å²) in [6.07, 6.45) is 1.12. The Morgan fingerprint density at radius 2 is 1.85 bits per heavy atom. The molecular formula is C17H18FN3O5S. The number of hydrogen-bond acceptors (Lipinski definition) is 5. The van der Waals surface area contributed by atoms with Crippen LogP contribution in [0.25, 0.3) is 0 Å². The minimum Gasteiger partial charge on any atom is -0.379 e. The van der Waals surface area contributed by atoms with Crippen molar-refractivity contribution in [3.63, 3.8) is 0 Å². The van der Waals surface area contributed by atoms with Gasteiger partial charge in [-0.1, -0.05) is 12.1 Å². The van der Waals surface area contributed by atoms with Crippen molar-refractivity contribution in [3.05, 3.63) is 58.8 Å². The van der Waals surface area contributed by atoms with Gasteiger partial charge in [-0.3, -0.25) is 9.59 Å². The number of benzene rings is 1. The molecule has 1 aromatic heterocycles. The van der Waals surface area contributed by atoms with Crippen LogP contribution in [0.15, 0.2) is 52.3 Å². The Morgan fingerprint density at radius 1 is 1.15 bits per heavy atom. The van der Waals surface area contributed by atoms with Crippen LogP contribution in [0.1, 0.15) is 0 Å². The first-order valence-corrected chi connectivity index (χ1v) is 9.65. The normalized spacial score (nSPS) is 15.4. The quantitative estimate of drug-likeness (QED) is 0.802. The molecule has 1 amide bonds. The minimum absolute atomic E-state index is 0.0207. The number of hydrogen-bond donors (Lipinski definition) is 1. The third-order valence-corrected chi connectivity index (χ3v) is 5.91. The molecule has 3 rings (SSSR count). The van der Waals surface area contributed by atoms with E-state index in [1.54, 1.807) is 6.07 Å². The van der Waals surface area contributed by atoms with Crippen molar-refractivity contribution in [2.45, 2.75) is 11.4 Å².